The Hall–Kier alpha value is -2.34. The van der Waals surface area contributed by atoms with E-state index in [1.807, 2.05) is 11.6 Å². The Morgan fingerprint density at radius 1 is 1.41 bits per heavy atom. The van der Waals surface area contributed by atoms with Crippen molar-refractivity contribution in [2.75, 3.05) is 0 Å². The Balaban J connectivity index is 1.75. The number of aromatic nitrogens is 3. The highest BCUT2D eigenvalue weighted by Gasteiger charge is 2.55. The summed E-state index contributed by atoms with van der Waals surface area (Å²) in [5.74, 6) is -0.0858. The van der Waals surface area contributed by atoms with Gasteiger partial charge in [-0.2, -0.15) is 23.5 Å². The molecule has 0 aliphatic heterocycles. The number of rotatable bonds is 2. The van der Waals surface area contributed by atoms with Gasteiger partial charge in [0.2, 0.25) is 5.60 Å². The van der Waals surface area contributed by atoms with E-state index in [-0.39, 0.29) is 28.7 Å². The van der Waals surface area contributed by atoms with Crippen LogP contribution in [0.1, 0.15) is 62.5 Å². The maximum atomic E-state index is 13.3. The van der Waals surface area contributed by atoms with Crippen LogP contribution in [-0.4, -0.2) is 26.2 Å². The Kier molecular flexibility index (Phi) is 3.57. The average Bonchev–Trinajstić information content (AvgIpc) is 3.15. The fourth-order valence-electron chi connectivity index (χ4n) is 4.17. The van der Waals surface area contributed by atoms with Crippen molar-refractivity contribution in [3.05, 3.63) is 23.1 Å². The summed E-state index contributed by atoms with van der Waals surface area (Å²) >= 11 is 0. The quantitative estimate of drug-likeness (QED) is 0.855. The van der Waals surface area contributed by atoms with Gasteiger partial charge in [0.15, 0.2) is 5.76 Å². The van der Waals surface area contributed by atoms with E-state index >= 15 is 0 Å². The maximum Gasteiger partial charge on any atom is 0.422 e. The zero-order valence-electron chi connectivity index (χ0n) is 15.1. The van der Waals surface area contributed by atoms with Gasteiger partial charge >= 0.3 is 6.18 Å². The molecule has 2 aliphatic rings. The molecule has 9 heteroatoms. The van der Waals surface area contributed by atoms with Crippen LogP contribution in [0, 0.1) is 16.7 Å². The van der Waals surface area contributed by atoms with Crippen molar-refractivity contribution in [3.8, 4) is 17.4 Å². The van der Waals surface area contributed by atoms with Crippen molar-refractivity contribution in [2.45, 2.75) is 63.8 Å². The largest absolute Gasteiger partial charge is 0.422 e. The Bertz CT molecular complexity index is 945. The second-order valence-electron chi connectivity index (χ2n) is 8.13. The molecule has 0 spiro atoms. The smallest absolute Gasteiger partial charge is 0.375 e. The molecule has 0 unspecified atom stereocenters. The second kappa shape index (κ2) is 5.35. The summed E-state index contributed by atoms with van der Waals surface area (Å²) in [6.07, 6.45) is -1.47. The standard InChI is InChI=1S/C18H19F3N4O2/c1-9-4-12-11(7-23-25(12)10-5-16(2,6-10)8-22)14-13(9)15(24-27-14)17(3,26)18(19,20)21/h7,9-10,26H,4-6H2,1-3H3/t9-,10?,16?,17+/m0/s1. The first kappa shape index (κ1) is 18.0. The molecule has 1 fully saturated rings. The molecule has 2 heterocycles. The lowest BCUT2D eigenvalue weighted by Crippen LogP contribution is -2.40. The fraction of sp³-hybridized carbons (Fsp3) is 0.611. The van der Waals surface area contributed by atoms with Gasteiger partial charge in [0, 0.05) is 5.56 Å². The maximum absolute atomic E-state index is 13.3. The highest BCUT2D eigenvalue weighted by atomic mass is 19.4. The molecule has 0 radical (unpaired) electrons. The van der Waals surface area contributed by atoms with E-state index in [9.17, 15) is 23.5 Å². The van der Waals surface area contributed by atoms with Gasteiger partial charge in [0.1, 0.15) is 5.69 Å². The molecule has 144 valence electrons. The molecule has 2 aliphatic carbocycles. The number of alkyl halides is 3. The Labute approximate surface area is 153 Å². The zero-order valence-corrected chi connectivity index (χ0v) is 15.1. The van der Waals surface area contributed by atoms with Crippen LogP contribution in [0.4, 0.5) is 13.2 Å². The Morgan fingerprint density at radius 2 is 2.07 bits per heavy atom. The number of aliphatic hydroxyl groups is 1. The first-order valence-electron chi connectivity index (χ1n) is 8.75. The first-order chi connectivity index (χ1) is 12.5. The third-order valence-electron chi connectivity index (χ3n) is 5.86. The number of hydrogen-bond donors (Lipinski definition) is 1. The number of nitrogens with zero attached hydrogens (tertiary/aromatic N) is 4. The molecule has 4 rings (SSSR count). The van der Waals surface area contributed by atoms with Crippen LogP contribution >= 0.6 is 0 Å². The topological polar surface area (TPSA) is 87.9 Å². The summed E-state index contributed by atoms with van der Waals surface area (Å²) in [5, 5.41) is 27.2. The van der Waals surface area contributed by atoms with E-state index in [2.05, 4.69) is 16.3 Å². The van der Waals surface area contributed by atoms with Crippen LogP contribution in [-0.2, 0) is 12.0 Å². The van der Waals surface area contributed by atoms with Gasteiger partial charge in [-0.1, -0.05) is 12.1 Å². The summed E-state index contributed by atoms with van der Waals surface area (Å²) in [6.45, 7) is 4.38. The minimum Gasteiger partial charge on any atom is -0.375 e. The number of halogens is 3. The third kappa shape index (κ3) is 2.42. The summed E-state index contributed by atoms with van der Waals surface area (Å²) in [4.78, 5) is 0. The summed E-state index contributed by atoms with van der Waals surface area (Å²) in [5.41, 5.74) is -2.19. The van der Waals surface area contributed by atoms with E-state index in [0.717, 1.165) is 5.69 Å². The van der Waals surface area contributed by atoms with E-state index in [0.29, 0.717) is 31.7 Å². The summed E-state index contributed by atoms with van der Waals surface area (Å²) in [7, 11) is 0. The molecule has 2 aromatic rings. The van der Waals surface area contributed by atoms with Crippen LogP contribution in [0.3, 0.4) is 0 Å². The van der Waals surface area contributed by atoms with Gasteiger partial charge in [0.25, 0.3) is 0 Å². The molecule has 1 N–H and O–H groups in total. The van der Waals surface area contributed by atoms with Crippen molar-refractivity contribution >= 4 is 0 Å². The molecule has 27 heavy (non-hydrogen) atoms. The minimum atomic E-state index is -4.87. The van der Waals surface area contributed by atoms with Gasteiger partial charge < -0.3 is 9.63 Å². The number of hydrogen-bond acceptors (Lipinski definition) is 5. The lowest BCUT2D eigenvalue weighted by molar-refractivity contribution is -0.261. The lowest BCUT2D eigenvalue weighted by atomic mass is 9.68. The average molecular weight is 380 g/mol. The molecule has 2 aromatic heterocycles. The molecule has 0 amide bonds. The van der Waals surface area contributed by atoms with E-state index < -0.39 is 17.5 Å². The van der Waals surface area contributed by atoms with E-state index in [1.54, 1.807) is 13.1 Å². The molecule has 0 aromatic carbocycles. The molecule has 0 saturated heterocycles. The fourth-order valence-corrected chi connectivity index (χ4v) is 4.17. The monoisotopic (exact) mass is 380 g/mol. The predicted octanol–water partition coefficient (Wildman–Crippen LogP) is 3.83. The van der Waals surface area contributed by atoms with Crippen molar-refractivity contribution in [1.82, 2.24) is 14.9 Å². The van der Waals surface area contributed by atoms with Gasteiger partial charge in [0.05, 0.1) is 35.0 Å². The molecule has 1 saturated carbocycles. The van der Waals surface area contributed by atoms with E-state index in [1.165, 1.54) is 0 Å². The van der Waals surface area contributed by atoms with Crippen LogP contribution in [0.15, 0.2) is 10.7 Å². The highest BCUT2D eigenvalue weighted by molar-refractivity contribution is 5.68. The summed E-state index contributed by atoms with van der Waals surface area (Å²) in [6, 6.07) is 2.39. The van der Waals surface area contributed by atoms with Crippen LogP contribution < -0.4 is 0 Å². The molecule has 6 nitrogen and oxygen atoms in total. The zero-order chi connectivity index (χ0) is 19.8. The van der Waals surface area contributed by atoms with Gasteiger partial charge in [-0.05, 0) is 39.0 Å². The second-order valence-corrected chi connectivity index (χ2v) is 8.13. The molecular formula is C18H19F3N4O2. The van der Waals surface area contributed by atoms with E-state index in [4.69, 9.17) is 4.52 Å². The predicted molar refractivity (Wildman–Crippen MR) is 87.5 cm³/mol. The van der Waals surface area contributed by atoms with Gasteiger partial charge in [-0.3, -0.25) is 4.68 Å². The van der Waals surface area contributed by atoms with Gasteiger partial charge in [-0.15, -0.1) is 0 Å². The molecule has 0 bridgehead atoms. The molecule has 2 atom stereocenters. The summed E-state index contributed by atoms with van der Waals surface area (Å²) < 4.78 is 47.0. The van der Waals surface area contributed by atoms with Crippen molar-refractivity contribution in [2.24, 2.45) is 5.41 Å². The highest BCUT2D eigenvalue weighted by Crippen LogP contribution is 2.51. The SMILES string of the molecule is C[C@H]1Cc2c(cnn2C2CC(C)(C#N)C2)-c2onc([C@@](C)(O)C(F)(F)F)c21. The molecular weight excluding hydrogens is 361 g/mol. The number of fused-ring (bicyclic) bond motifs is 3. The Morgan fingerprint density at radius 3 is 2.67 bits per heavy atom. The van der Waals surface area contributed by atoms with Crippen molar-refractivity contribution in [3.63, 3.8) is 0 Å². The number of nitriles is 1. The van der Waals surface area contributed by atoms with Crippen molar-refractivity contribution < 1.29 is 22.8 Å². The van der Waals surface area contributed by atoms with Crippen molar-refractivity contribution in [1.29, 1.82) is 5.26 Å². The first-order valence-corrected chi connectivity index (χ1v) is 8.75. The van der Waals surface area contributed by atoms with Crippen LogP contribution in [0.5, 0.6) is 0 Å². The lowest BCUT2D eigenvalue weighted by Gasteiger charge is -2.41. The van der Waals surface area contributed by atoms with Gasteiger partial charge in [-0.25, -0.2) is 0 Å². The third-order valence-corrected chi connectivity index (χ3v) is 5.86. The van der Waals surface area contributed by atoms with Crippen LogP contribution in [0.25, 0.3) is 11.3 Å². The normalized spacial score (nSPS) is 29.3. The van der Waals surface area contributed by atoms with Crippen LogP contribution in [0.2, 0.25) is 0 Å². The minimum absolute atomic E-state index is 0.0906.